The topological polar surface area (TPSA) is 60.0 Å². The van der Waals surface area contributed by atoms with Gasteiger partial charge in [-0.15, -0.1) is 5.10 Å². The predicted octanol–water partition coefficient (Wildman–Crippen LogP) is 2.68. The standard InChI is InChI=1S/C16H19N5O/c1-20-12(10-17-19-20)11-21-9-5-4-7-14(21)16-18-13-6-2-3-8-15(13)22-16/h2-3,6,8,10,14H,4-5,7,9,11H2,1H3. The Morgan fingerprint density at radius 3 is 3.00 bits per heavy atom. The van der Waals surface area contributed by atoms with Gasteiger partial charge in [0, 0.05) is 13.6 Å². The van der Waals surface area contributed by atoms with E-state index in [2.05, 4.69) is 15.2 Å². The monoisotopic (exact) mass is 297 g/mol. The van der Waals surface area contributed by atoms with E-state index in [1.165, 1.54) is 12.8 Å². The molecule has 3 aromatic rings. The molecule has 1 unspecified atom stereocenters. The SMILES string of the molecule is Cn1nncc1CN1CCCCC1c1nc2ccccc2o1. The van der Waals surface area contributed by atoms with E-state index in [0.717, 1.165) is 42.2 Å². The van der Waals surface area contributed by atoms with Crippen LogP contribution in [0.3, 0.4) is 0 Å². The van der Waals surface area contributed by atoms with Crippen LogP contribution in [0, 0.1) is 0 Å². The largest absolute Gasteiger partial charge is 0.439 e. The molecule has 22 heavy (non-hydrogen) atoms. The van der Waals surface area contributed by atoms with Crippen LogP contribution in [-0.2, 0) is 13.6 Å². The molecule has 1 aliphatic rings. The Balaban J connectivity index is 1.63. The lowest BCUT2D eigenvalue weighted by molar-refractivity contribution is 0.116. The van der Waals surface area contributed by atoms with Crippen molar-refractivity contribution in [3.05, 3.63) is 42.0 Å². The molecule has 0 amide bonds. The second kappa shape index (κ2) is 5.53. The molecule has 0 N–H and O–H groups in total. The van der Waals surface area contributed by atoms with Gasteiger partial charge < -0.3 is 4.42 Å². The van der Waals surface area contributed by atoms with Crippen LogP contribution in [-0.4, -0.2) is 31.4 Å². The highest BCUT2D eigenvalue weighted by atomic mass is 16.3. The maximum absolute atomic E-state index is 6.00. The molecule has 0 saturated carbocycles. The van der Waals surface area contributed by atoms with Crippen molar-refractivity contribution in [2.75, 3.05) is 6.54 Å². The van der Waals surface area contributed by atoms with Gasteiger partial charge in [-0.05, 0) is 31.5 Å². The molecule has 0 radical (unpaired) electrons. The van der Waals surface area contributed by atoms with Gasteiger partial charge in [0.15, 0.2) is 5.58 Å². The number of para-hydroxylation sites is 2. The van der Waals surface area contributed by atoms with Crippen molar-refractivity contribution in [3.63, 3.8) is 0 Å². The van der Waals surface area contributed by atoms with Crippen LogP contribution in [0.15, 0.2) is 34.9 Å². The van der Waals surface area contributed by atoms with E-state index in [1.807, 2.05) is 42.2 Å². The Labute approximate surface area is 128 Å². The van der Waals surface area contributed by atoms with Crippen molar-refractivity contribution >= 4 is 11.1 Å². The number of benzene rings is 1. The lowest BCUT2D eigenvalue weighted by Gasteiger charge is -2.33. The van der Waals surface area contributed by atoms with E-state index in [0.29, 0.717) is 0 Å². The minimum atomic E-state index is 0.232. The third-order valence-electron chi connectivity index (χ3n) is 4.38. The summed E-state index contributed by atoms with van der Waals surface area (Å²) in [6.07, 6.45) is 5.33. The quantitative estimate of drug-likeness (QED) is 0.744. The minimum Gasteiger partial charge on any atom is -0.439 e. The van der Waals surface area contributed by atoms with Crippen molar-refractivity contribution in [2.24, 2.45) is 7.05 Å². The number of aryl methyl sites for hydroxylation is 1. The zero-order valence-corrected chi connectivity index (χ0v) is 12.6. The molecule has 1 aliphatic heterocycles. The second-order valence-corrected chi connectivity index (χ2v) is 5.85. The van der Waals surface area contributed by atoms with Crippen molar-refractivity contribution in [1.82, 2.24) is 24.9 Å². The number of hydrogen-bond donors (Lipinski definition) is 0. The molecule has 6 nitrogen and oxygen atoms in total. The van der Waals surface area contributed by atoms with E-state index in [-0.39, 0.29) is 6.04 Å². The summed E-state index contributed by atoms with van der Waals surface area (Å²) in [4.78, 5) is 7.12. The first-order valence-electron chi connectivity index (χ1n) is 7.74. The van der Waals surface area contributed by atoms with E-state index in [4.69, 9.17) is 9.40 Å². The lowest BCUT2D eigenvalue weighted by Crippen LogP contribution is -2.33. The number of aromatic nitrogens is 4. The average molecular weight is 297 g/mol. The molecule has 1 aromatic carbocycles. The summed E-state index contributed by atoms with van der Waals surface area (Å²) >= 11 is 0. The van der Waals surface area contributed by atoms with Gasteiger partial charge in [0.2, 0.25) is 5.89 Å². The number of oxazole rings is 1. The summed E-state index contributed by atoms with van der Waals surface area (Å²) in [5.41, 5.74) is 2.92. The summed E-state index contributed by atoms with van der Waals surface area (Å²) in [5, 5.41) is 7.98. The van der Waals surface area contributed by atoms with Gasteiger partial charge in [0.1, 0.15) is 5.52 Å². The van der Waals surface area contributed by atoms with Gasteiger partial charge in [0.25, 0.3) is 0 Å². The molecule has 2 aromatic heterocycles. The smallest absolute Gasteiger partial charge is 0.212 e. The maximum atomic E-state index is 6.00. The molecule has 0 aliphatic carbocycles. The van der Waals surface area contributed by atoms with E-state index < -0.39 is 0 Å². The van der Waals surface area contributed by atoms with Crippen LogP contribution >= 0.6 is 0 Å². The predicted molar refractivity (Wildman–Crippen MR) is 82.0 cm³/mol. The normalized spacial score (nSPS) is 19.8. The van der Waals surface area contributed by atoms with E-state index in [1.54, 1.807) is 0 Å². The Morgan fingerprint density at radius 2 is 2.18 bits per heavy atom. The van der Waals surface area contributed by atoms with Crippen molar-refractivity contribution in [1.29, 1.82) is 0 Å². The van der Waals surface area contributed by atoms with Crippen LogP contribution in [0.25, 0.3) is 11.1 Å². The molecule has 6 heteroatoms. The first kappa shape index (κ1) is 13.5. The second-order valence-electron chi connectivity index (χ2n) is 5.85. The van der Waals surface area contributed by atoms with Crippen LogP contribution in [0.4, 0.5) is 0 Å². The fourth-order valence-corrected chi connectivity index (χ4v) is 3.15. The number of rotatable bonds is 3. The lowest BCUT2D eigenvalue weighted by atomic mass is 10.0. The van der Waals surface area contributed by atoms with Crippen LogP contribution in [0.1, 0.15) is 36.9 Å². The molecule has 1 saturated heterocycles. The number of likely N-dealkylation sites (tertiary alicyclic amines) is 1. The van der Waals surface area contributed by atoms with Gasteiger partial charge in [-0.25, -0.2) is 4.98 Å². The molecule has 1 fully saturated rings. The van der Waals surface area contributed by atoms with E-state index in [9.17, 15) is 0 Å². The molecule has 0 spiro atoms. The summed E-state index contributed by atoms with van der Waals surface area (Å²) in [6.45, 7) is 1.88. The van der Waals surface area contributed by atoms with Gasteiger partial charge in [-0.2, -0.15) is 0 Å². The van der Waals surface area contributed by atoms with Gasteiger partial charge >= 0.3 is 0 Å². The number of hydrogen-bond acceptors (Lipinski definition) is 5. The first-order chi connectivity index (χ1) is 10.8. The Kier molecular flexibility index (Phi) is 3.38. The summed E-state index contributed by atoms with van der Waals surface area (Å²) in [7, 11) is 1.93. The zero-order valence-electron chi connectivity index (χ0n) is 12.6. The maximum Gasteiger partial charge on any atom is 0.212 e. The molecular weight excluding hydrogens is 278 g/mol. The fraction of sp³-hybridized carbons (Fsp3) is 0.438. The van der Waals surface area contributed by atoms with E-state index >= 15 is 0 Å². The molecule has 3 heterocycles. The highest BCUT2D eigenvalue weighted by Crippen LogP contribution is 2.33. The molecule has 1 atom stereocenters. The number of piperidine rings is 1. The summed E-state index contributed by atoms with van der Waals surface area (Å²) < 4.78 is 7.83. The van der Waals surface area contributed by atoms with Crippen molar-refractivity contribution < 1.29 is 4.42 Å². The van der Waals surface area contributed by atoms with Crippen LogP contribution in [0.2, 0.25) is 0 Å². The Bertz CT molecular complexity index is 745. The zero-order chi connectivity index (χ0) is 14.9. The fourth-order valence-electron chi connectivity index (χ4n) is 3.15. The summed E-state index contributed by atoms with van der Waals surface area (Å²) in [5.74, 6) is 0.830. The minimum absolute atomic E-state index is 0.232. The average Bonchev–Trinajstić information content (AvgIpc) is 3.14. The highest BCUT2D eigenvalue weighted by Gasteiger charge is 2.28. The Morgan fingerprint density at radius 1 is 1.27 bits per heavy atom. The van der Waals surface area contributed by atoms with Gasteiger partial charge in [0.05, 0.1) is 17.9 Å². The van der Waals surface area contributed by atoms with Gasteiger partial charge in [-0.1, -0.05) is 23.8 Å². The third kappa shape index (κ3) is 2.39. The third-order valence-corrected chi connectivity index (χ3v) is 4.38. The molecule has 0 bridgehead atoms. The number of fused-ring (bicyclic) bond motifs is 1. The Hall–Kier alpha value is -2.21. The van der Waals surface area contributed by atoms with Crippen LogP contribution in [0.5, 0.6) is 0 Å². The molecular formula is C16H19N5O. The molecule has 4 rings (SSSR count). The highest BCUT2D eigenvalue weighted by molar-refractivity contribution is 5.72. The number of nitrogens with zero attached hydrogens (tertiary/aromatic N) is 5. The molecule has 114 valence electrons. The van der Waals surface area contributed by atoms with Crippen molar-refractivity contribution in [3.8, 4) is 0 Å². The van der Waals surface area contributed by atoms with Crippen molar-refractivity contribution in [2.45, 2.75) is 31.8 Å². The summed E-state index contributed by atoms with van der Waals surface area (Å²) in [6, 6.07) is 8.19. The first-order valence-corrected chi connectivity index (χ1v) is 7.74. The van der Waals surface area contributed by atoms with Gasteiger partial charge in [-0.3, -0.25) is 9.58 Å². The van der Waals surface area contributed by atoms with Crippen LogP contribution < -0.4 is 0 Å².